The topological polar surface area (TPSA) is 75.9 Å². The summed E-state index contributed by atoms with van der Waals surface area (Å²) in [5.41, 5.74) is 3.10. The average Bonchev–Trinajstić information content (AvgIpc) is 3.40. The fourth-order valence-corrected chi connectivity index (χ4v) is 4.22. The van der Waals surface area contributed by atoms with Crippen LogP contribution in [-0.4, -0.2) is 44.1 Å². The van der Waals surface area contributed by atoms with Gasteiger partial charge < -0.3 is 5.32 Å². The van der Waals surface area contributed by atoms with Crippen LogP contribution < -0.4 is 5.32 Å². The molecule has 8 heteroatoms. The van der Waals surface area contributed by atoms with Crippen molar-refractivity contribution in [2.24, 2.45) is 5.92 Å². The van der Waals surface area contributed by atoms with Crippen molar-refractivity contribution in [1.29, 1.82) is 0 Å². The van der Waals surface area contributed by atoms with Crippen molar-refractivity contribution in [2.75, 3.05) is 13.1 Å². The quantitative estimate of drug-likeness (QED) is 0.693. The average molecular weight is 397 g/mol. The summed E-state index contributed by atoms with van der Waals surface area (Å²) < 4.78 is 1.50. The summed E-state index contributed by atoms with van der Waals surface area (Å²) in [6.07, 6.45) is 4.07. The van der Waals surface area contributed by atoms with E-state index in [1.807, 2.05) is 11.4 Å². The molecule has 146 valence electrons. The molecule has 4 rings (SSSR count). The Kier molecular flexibility index (Phi) is 5.78. The van der Waals surface area contributed by atoms with Gasteiger partial charge in [0.05, 0.1) is 5.69 Å². The zero-order chi connectivity index (χ0) is 19.3. The Bertz CT molecular complexity index is 897. The van der Waals surface area contributed by atoms with Gasteiger partial charge in [0, 0.05) is 13.1 Å². The van der Waals surface area contributed by atoms with E-state index < -0.39 is 0 Å². The fraction of sp³-hybridized carbons (Fsp3) is 0.400. The molecule has 7 nitrogen and oxygen atoms in total. The lowest BCUT2D eigenvalue weighted by atomic mass is 9.99. The Balaban J connectivity index is 1.32. The highest BCUT2D eigenvalue weighted by molar-refractivity contribution is 7.12. The smallest absolute Gasteiger partial charge is 0.263 e. The predicted octanol–water partition coefficient (Wildman–Crippen LogP) is 2.89. The molecule has 1 fully saturated rings. The van der Waals surface area contributed by atoms with Crippen molar-refractivity contribution in [1.82, 2.24) is 30.4 Å². The molecule has 1 aliphatic heterocycles. The number of hydrogen-bond donors (Lipinski definition) is 1. The number of thiophene rings is 1. The van der Waals surface area contributed by atoms with E-state index in [9.17, 15) is 4.79 Å². The molecule has 0 saturated carbocycles. The van der Waals surface area contributed by atoms with Gasteiger partial charge in [-0.1, -0.05) is 31.2 Å². The van der Waals surface area contributed by atoms with Crippen LogP contribution >= 0.6 is 11.3 Å². The number of piperidine rings is 1. The van der Waals surface area contributed by atoms with Gasteiger partial charge in [-0.25, -0.2) is 0 Å². The summed E-state index contributed by atoms with van der Waals surface area (Å²) in [5.74, 6) is 0.735. The van der Waals surface area contributed by atoms with Crippen molar-refractivity contribution in [3.8, 4) is 5.69 Å². The van der Waals surface area contributed by atoms with E-state index in [4.69, 9.17) is 0 Å². The molecule has 3 aromatic rings. The highest BCUT2D eigenvalue weighted by atomic mass is 32.1. The van der Waals surface area contributed by atoms with Gasteiger partial charge in [-0.15, -0.1) is 16.4 Å². The first-order valence-corrected chi connectivity index (χ1v) is 10.5. The lowest BCUT2D eigenvalue weighted by Crippen LogP contribution is -2.32. The van der Waals surface area contributed by atoms with E-state index in [1.54, 1.807) is 0 Å². The highest BCUT2D eigenvalue weighted by Gasteiger charge is 2.16. The Morgan fingerprint density at radius 1 is 1.18 bits per heavy atom. The second kappa shape index (κ2) is 8.62. The number of carbonyl (C=O) groups excluding carboxylic acids is 1. The van der Waals surface area contributed by atoms with Gasteiger partial charge in [-0.3, -0.25) is 9.69 Å². The van der Waals surface area contributed by atoms with Crippen molar-refractivity contribution in [3.05, 3.63) is 58.0 Å². The molecule has 1 N–H and O–H groups in total. The number of nitrogens with one attached hydrogen (secondary N) is 1. The maximum atomic E-state index is 12.6. The summed E-state index contributed by atoms with van der Waals surface area (Å²) in [7, 11) is 0. The summed E-state index contributed by atoms with van der Waals surface area (Å²) in [6.45, 7) is 6.20. The zero-order valence-electron chi connectivity index (χ0n) is 15.9. The number of tetrazole rings is 1. The minimum absolute atomic E-state index is 0.119. The Hall–Kier alpha value is -2.58. The molecule has 0 aliphatic carbocycles. The van der Waals surface area contributed by atoms with Crippen LogP contribution in [0.4, 0.5) is 0 Å². The molecule has 0 unspecified atom stereocenters. The van der Waals surface area contributed by atoms with Crippen LogP contribution in [0, 0.1) is 5.92 Å². The van der Waals surface area contributed by atoms with Crippen molar-refractivity contribution < 1.29 is 4.79 Å². The first kappa shape index (κ1) is 18.8. The van der Waals surface area contributed by atoms with E-state index in [-0.39, 0.29) is 5.91 Å². The van der Waals surface area contributed by atoms with Crippen LogP contribution in [-0.2, 0) is 13.1 Å². The number of rotatable bonds is 6. The third kappa shape index (κ3) is 4.45. The second-order valence-electron chi connectivity index (χ2n) is 7.35. The molecule has 28 heavy (non-hydrogen) atoms. The number of likely N-dealkylation sites (tertiary alicyclic amines) is 1. The summed E-state index contributed by atoms with van der Waals surface area (Å²) >= 11 is 1.38. The molecule has 2 aromatic heterocycles. The first-order valence-electron chi connectivity index (χ1n) is 9.58. The van der Waals surface area contributed by atoms with Gasteiger partial charge in [-0.2, -0.15) is 4.68 Å². The molecule has 0 spiro atoms. The second-order valence-corrected chi connectivity index (χ2v) is 8.26. The van der Waals surface area contributed by atoms with E-state index in [2.05, 4.69) is 56.9 Å². The maximum Gasteiger partial charge on any atom is 0.263 e. The van der Waals surface area contributed by atoms with E-state index in [0.29, 0.717) is 17.1 Å². The predicted molar refractivity (Wildman–Crippen MR) is 108 cm³/mol. The van der Waals surface area contributed by atoms with Crippen LogP contribution in [0.15, 0.2) is 42.0 Å². The maximum absolute atomic E-state index is 12.6. The fourth-order valence-electron chi connectivity index (χ4n) is 3.43. The zero-order valence-corrected chi connectivity index (χ0v) is 16.7. The number of carbonyl (C=O) groups is 1. The summed E-state index contributed by atoms with van der Waals surface area (Å²) in [6, 6.07) is 10.4. The Morgan fingerprint density at radius 3 is 2.64 bits per heavy atom. The molecule has 0 atom stereocenters. The summed E-state index contributed by atoms with van der Waals surface area (Å²) in [5, 5.41) is 16.0. The van der Waals surface area contributed by atoms with Crippen molar-refractivity contribution in [2.45, 2.75) is 32.9 Å². The number of amides is 1. The van der Waals surface area contributed by atoms with Gasteiger partial charge >= 0.3 is 0 Å². The molecule has 1 aliphatic rings. The van der Waals surface area contributed by atoms with E-state index in [0.717, 1.165) is 18.0 Å². The van der Waals surface area contributed by atoms with Crippen molar-refractivity contribution >= 4 is 17.2 Å². The number of hydrogen-bond acceptors (Lipinski definition) is 6. The van der Waals surface area contributed by atoms with Gasteiger partial charge in [-0.05, 0) is 64.8 Å². The van der Waals surface area contributed by atoms with E-state index in [1.165, 1.54) is 53.8 Å². The van der Waals surface area contributed by atoms with Crippen LogP contribution in [0.2, 0.25) is 0 Å². The first-order chi connectivity index (χ1) is 13.7. The van der Waals surface area contributed by atoms with E-state index >= 15 is 0 Å². The van der Waals surface area contributed by atoms with Crippen LogP contribution in [0.25, 0.3) is 5.69 Å². The highest BCUT2D eigenvalue weighted by Crippen LogP contribution is 2.20. The lowest BCUT2D eigenvalue weighted by molar-refractivity contribution is 0.0955. The standard InChI is InChI=1S/C20H24N6OS/c1-15-6-9-25(10-7-15)13-17-4-2-16(3-5-17)12-21-20(27)19-18(8-11-28-19)26-14-22-23-24-26/h2-5,8,11,14-15H,6-7,9-10,12-13H2,1H3,(H,21,27). The monoisotopic (exact) mass is 396 g/mol. The molecule has 0 bridgehead atoms. The van der Waals surface area contributed by atoms with Crippen LogP contribution in [0.3, 0.4) is 0 Å². The molecule has 0 radical (unpaired) electrons. The molecule has 1 saturated heterocycles. The molecule has 1 amide bonds. The van der Waals surface area contributed by atoms with Gasteiger partial charge in [0.2, 0.25) is 0 Å². The largest absolute Gasteiger partial charge is 0.347 e. The minimum Gasteiger partial charge on any atom is -0.347 e. The number of nitrogens with zero attached hydrogens (tertiary/aromatic N) is 5. The third-order valence-electron chi connectivity index (χ3n) is 5.20. The van der Waals surface area contributed by atoms with Crippen LogP contribution in [0.5, 0.6) is 0 Å². The Morgan fingerprint density at radius 2 is 1.93 bits per heavy atom. The van der Waals surface area contributed by atoms with Gasteiger partial charge in [0.25, 0.3) is 5.91 Å². The molecular weight excluding hydrogens is 372 g/mol. The SMILES string of the molecule is CC1CCN(Cc2ccc(CNC(=O)c3sccc3-n3cnnn3)cc2)CC1. The third-order valence-corrected chi connectivity index (χ3v) is 6.11. The Labute approximate surface area is 168 Å². The van der Waals surface area contributed by atoms with Gasteiger partial charge in [0.1, 0.15) is 11.2 Å². The number of aromatic nitrogens is 4. The van der Waals surface area contributed by atoms with Crippen molar-refractivity contribution in [3.63, 3.8) is 0 Å². The number of benzene rings is 1. The lowest BCUT2D eigenvalue weighted by Gasteiger charge is -2.30. The van der Waals surface area contributed by atoms with Gasteiger partial charge in [0.15, 0.2) is 0 Å². The molecular formula is C20H24N6OS. The normalized spacial score (nSPS) is 15.6. The minimum atomic E-state index is -0.119. The summed E-state index contributed by atoms with van der Waals surface area (Å²) in [4.78, 5) is 15.7. The molecule has 3 heterocycles. The van der Waals surface area contributed by atoms with Crippen LogP contribution in [0.1, 0.15) is 40.6 Å². The molecule has 1 aromatic carbocycles.